The van der Waals surface area contributed by atoms with Gasteiger partial charge in [0.25, 0.3) is 0 Å². The largest absolute Gasteiger partial charge is 0.497 e. The summed E-state index contributed by atoms with van der Waals surface area (Å²) in [6.45, 7) is 2.19. The lowest BCUT2D eigenvalue weighted by atomic mass is 10.00. The Morgan fingerprint density at radius 3 is 1.90 bits per heavy atom. The number of esters is 1. The van der Waals surface area contributed by atoms with E-state index in [-0.39, 0.29) is 26.4 Å². The van der Waals surface area contributed by atoms with E-state index in [1.165, 1.54) is 11.1 Å². The van der Waals surface area contributed by atoms with E-state index >= 15 is 0 Å². The van der Waals surface area contributed by atoms with E-state index in [4.69, 9.17) is 29.5 Å². The Kier molecular flexibility index (Phi) is 18.6. The summed E-state index contributed by atoms with van der Waals surface area (Å²) in [7, 11) is 1.65. The van der Waals surface area contributed by atoms with Gasteiger partial charge < -0.3 is 34.3 Å². The van der Waals surface area contributed by atoms with Crippen LogP contribution in [0.4, 0.5) is 22.0 Å². The number of methoxy groups -OCH3 is 1. The first kappa shape index (κ1) is 41.0. The number of nitrogens with two attached hydrogens (primary N) is 1. The number of aryl methyl sites for hydroxylation is 1. The molecule has 51 heavy (non-hydrogen) atoms. The number of unbranched alkanes of at least 4 members (excludes halogenated alkanes) is 1. The maximum absolute atomic E-state index is 13.6. The maximum Gasteiger partial charge on any atom is 0.313 e. The highest BCUT2D eigenvalue weighted by Gasteiger charge is 2.28. The number of hydrogen-bond donors (Lipinski definition) is 1. The van der Waals surface area contributed by atoms with Crippen molar-refractivity contribution in [3.8, 4) is 22.6 Å². The average molecular weight is 724 g/mol. The lowest BCUT2D eigenvalue weighted by molar-refractivity contribution is -0.136. The molecule has 15 heteroatoms. The van der Waals surface area contributed by atoms with Crippen molar-refractivity contribution >= 4 is 17.9 Å². The van der Waals surface area contributed by atoms with Gasteiger partial charge in [0.2, 0.25) is 34.8 Å². The van der Waals surface area contributed by atoms with Gasteiger partial charge in [-0.2, -0.15) is 13.9 Å². The van der Waals surface area contributed by atoms with Gasteiger partial charge in [-0.25, -0.2) is 13.2 Å². The van der Waals surface area contributed by atoms with Gasteiger partial charge in [-0.1, -0.05) is 36.4 Å². The van der Waals surface area contributed by atoms with E-state index in [1.807, 2.05) is 12.1 Å². The zero-order valence-electron chi connectivity index (χ0n) is 28.3. The first-order valence-corrected chi connectivity index (χ1v) is 16.3. The summed E-state index contributed by atoms with van der Waals surface area (Å²) < 4.78 is 97.4. The van der Waals surface area contributed by atoms with Crippen LogP contribution in [0.5, 0.6) is 11.5 Å². The zero-order valence-corrected chi connectivity index (χ0v) is 28.3. The molecule has 0 saturated heterocycles. The monoisotopic (exact) mass is 723 g/mol. The minimum Gasteiger partial charge on any atom is -0.497 e. The molecule has 3 aromatic rings. The summed E-state index contributed by atoms with van der Waals surface area (Å²) in [5.41, 5.74) is 4.31. The van der Waals surface area contributed by atoms with Gasteiger partial charge in [-0.3, -0.25) is 9.79 Å². The Morgan fingerprint density at radius 2 is 1.29 bits per heavy atom. The molecule has 0 radical (unpaired) electrons. The Labute approximate surface area is 293 Å². The van der Waals surface area contributed by atoms with Crippen molar-refractivity contribution < 1.29 is 55.2 Å². The molecule has 0 unspecified atom stereocenters. The molecule has 0 saturated carbocycles. The van der Waals surface area contributed by atoms with Crippen LogP contribution in [0.3, 0.4) is 0 Å². The summed E-state index contributed by atoms with van der Waals surface area (Å²) in [4.78, 5) is 16.0. The predicted molar refractivity (Wildman–Crippen MR) is 181 cm³/mol. The highest BCUT2D eigenvalue weighted by Crippen LogP contribution is 2.29. The summed E-state index contributed by atoms with van der Waals surface area (Å²) >= 11 is 0. The van der Waals surface area contributed by atoms with Crippen molar-refractivity contribution in [1.29, 1.82) is 0 Å². The summed E-state index contributed by atoms with van der Waals surface area (Å²) in [5, 5.41) is 3.84. The number of aliphatic imine (C=N–C) groups is 1. The van der Waals surface area contributed by atoms with E-state index < -0.39 is 47.2 Å². The Bertz CT molecular complexity index is 1550. The summed E-state index contributed by atoms with van der Waals surface area (Å²) in [6.07, 6.45) is 4.78. The highest BCUT2D eigenvalue weighted by molar-refractivity contribution is 6.30. The van der Waals surface area contributed by atoms with Crippen LogP contribution in [0, 0.1) is 29.1 Å². The molecule has 0 fully saturated rings. The number of halogens is 5. The molecule has 0 aliphatic rings. The number of nitrogens with zero attached hydrogens (tertiary/aromatic N) is 2. The smallest absolute Gasteiger partial charge is 0.313 e. The van der Waals surface area contributed by atoms with Gasteiger partial charge in [0, 0.05) is 6.21 Å². The number of carbonyl (C=O) groups is 1. The van der Waals surface area contributed by atoms with Crippen LogP contribution in [0.25, 0.3) is 11.1 Å². The number of hydrazone groups is 1. The van der Waals surface area contributed by atoms with E-state index in [2.05, 4.69) is 51.2 Å². The molecule has 0 bridgehead atoms. The van der Waals surface area contributed by atoms with Crippen LogP contribution in [-0.4, -0.2) is 84.4 Å². The molecule has 3 rings (SSSR count). The van der Waals surface area contributed by atoms with Crippen molar-refractivity contribution in [3.63, 3.8) is 0 Å². The maximum atomic E-state index is 13.6. The zero-order chi connectivity index (χ0) is 36.8. The highest BCUT2D eigenvalue weighted by atomic mass is 19.2. The van der Waals surface area contributed by atoms with Gasteiger partial charge in [-0.05, 0) is 54.5 Å². The molecular weight excluding hydrogens is 681 g/mol. The number of benzene rings is 3. The molecule has 0 heterocycles. The first-order valence-electron chi connectivity index (χ1n) is 16.3. The van der Waals surface area contributed by atoms with Crippen LogP contribution in [0.2, 0.25) is 0 Å². The fraction of sp³-hybridized carbons (Fsp3) is 0.417. The van der Waals surface area contributed by atoms with Crippen LogP contribution < -0.4 is 15.3 Å². The Morgan fingerprint density at radius 1 is 0.706 bits per heavy atom. The third-order valence-electron chi connectivity index (χ3n) is 7.22. The van der Waals surface area contributed by atoms with Crippen molar-refractivity contribution in [2.24, 2.45) is 15.9 Å². The normalized spacial score (nSPS) is 11.8. The minimum atomic E-state index is -2.35. The number of ether oxygens (including phenoxy) is 6. The van der Waals surface area contributed by atoms with E-state index in [0.717, 1.165) is 42.7 Å². The fourth-order valence-corrected chi connectivity index (χ4v) is 4.53. The molecule has 2 N–H and O–H groups in total. The number of carbonyl (C=O) groups excluding carboxylic acids is 1. The molecular formula is C36H42F5N3O7. The van der Waals surface area contributed by atoms with Crippen molar-refractivity contribution in [1.82, 2.24) is 0 Å². The van der Waals surface area contributed by atoms with Gasteiger partial charge in [-0.15, -0.1) is 0 Å². The van der Waals surface area contributed by atoms with Crippen molar-refractivity contribution in [2.75, 3.05) is 66.5 Å². The van der Waals surface area contributed by atoms with Crippen molar-refractivity contribution in [2.45, 2.75) is 32.1 Å². The third kappa shape index (κ3) is 14.4. The minimum absolute atomic E-state index is 0.0799. The number of rotatable bonds is 24. The van der Waals surface area contributed by atoms with E-state index in [9.17, 15) is 26.7 Å². The molecule has 0 atom stereocenters. The van der Waals surface area contributed by atoms with Gasteiger partial charge >= 0.3 is 5.97 Å². The summed E-state index contributed by atoms with van der Waals surface area (Å²) in [6, 6.07) is 16.5. The van der Waals surface area contributed by atoms with Crippen LogP contribution in [0.15, 0.2) is 58.6 Å². The van der Waals surface area contributed by atoms with Crippen molar-refractivity contribution in [3.05, 3.63) is 83.2 Å². The first-order chi connectivity index (χ1) is 24.7. The average Bonchev–Trinajstić information content (AvgIpc) is 3.15. The molecule has 3 aromatic carbocycles. The van der Waals surface area contributed by atoms with Gasteiger partial charge in [0.05, 0.1) is 78.6 Å². The number of hydrogen-bond acceptors (Lipinski definition) is 10. The molecule has 278 valence electrons. The molecule has 0 aromatic heterocycles. The van der Waals surface area contributed by atoms with Gasteiger partial charge in [0.15, 0.2) is 0 Å². The van der Waals surface area contributed by atoms with E-state index in [0.29, 0.717) is 33.0 Å². The second-order valence-electron chi connectivity index (χ2n) is 10.9. The van der Waals surface area contributed by atoms with Gasteiger partial charge in [0.1, 0.15) is 5.75 Å². The molecule has 0 amide bonds. The van der Waals surface area contributed by atoms with Crippen LogP contribution in [0.1, 0.15) is 31.2 Å². The lowest BCUT2D eigenvalue weighted by Gasteiger charge is -2.09. The van der Waals surface area contributed by atoms with Crippen LogP contribution >= 0.6 is 0 Å². The fourth-order valence-electron chi connectivity index (χ4n) is 4.53. The second kappa shape index (κ2) is 23.1. The predicted octanol–water partition coefficient (Wildman–Crippen LogP) is 6.22. The molecule has 0 aliphatic heterocycles. The quantitative estimate of drug-likeness (QED) is 0.0133. The SMILES string of the molecule is COc1ccc(-c2cccc(CCCC/C(C=NCCOCCOCCOCCOCCC(=O)Oc3c(F)c(F)c(F)c(F)c3F)=N/N)c2)cc1. The third-order valence-corrected chi connectivity index (χ3v) is 7.22. The Hall–Kier alpha value is -4.44. The molecule has 0 aliphatic carbocycles. The topological polar surface area (TPSA) is 123 Å². The standard InChI is InChI=1S/C36H42F5N3O7/c1-46-29-11-9-26(10-12-29)27-7-4-6-25(23-27)5-2-3-8-28(44-42)24-43-14-16-48-18-20-50-22-21-49-19-17-47-15-13-30(45)51-36-34(40)32(38)31(37)33(39)35(36)41/h4,6-7,9-12,23-24H,2-3,5,8,13-22,42H2,1H3/b43-24?,44-28-. The van der Waals surface area contributed by atoms with Crippen LogP contribution in [-0.2, 0) is 30.2 Å². The molecule has 10 nitrogen and oxygen atoms in total. The second-order valence-corrected chi connectivity index (χ2v) is 10.9. The Balaban J connectivity index is 1.13. The lowest BCUT2D eigenvalue weighted by Crippen LogP contribution is -2.16. The summed E-state index contributed by atoms with van der Waals surface area (Å²) in [5.74, 6) is -7.76. The molecule has 0 spiro atoms. The van der Waals surface area contributed by atoms with E-state index in [1.54, 1.807) is 13.3 Å².